The molecular formula is C17H16N6S. The van der Waals surface area contributed by atoms with Gasteiger partial charge in [0, 0.05) is 0 Å². The molecule has 0 aliphatic heterocycles. The number of aromatic nitrogens is 5. The molecule has 3 heterocycles. The van der Waals surface area contributed by atoms with Crippen molar-refractivity contribution in [3.05, 3.63) is 59.3 Å². The number of nitrogens with one attached hydrogen (secondary N) is 1. The quantitative estimate of drug-likeness (QED) is 0.618. The topological polar surface area (TPSA) is 68.5 Å². The summed E-state index contributed by atoms with van der Waals surface area (Å²) in [6, 6.07) is 9.97. The smallest absolute Gasteiger partial charge is 0.151 e. The van der Waals surface area contributed by atoms with Crippen LogP contribution in [-0.4, -0.2) is 24.7 Å². The van der Waals surface area contributed by atoms with Gasteiger partial charge in [0.1, 0.15) is 22.8 Å². The molecule has 0 amide bonds. The first-order chi connectivity index (χ1) is 11.7. The van der Waals surface area contributed by atoms with Crippen LogP contribution in [0.4, 0.5) is 5.82 Å². The third kappa shape index (κ3) is 2.63. The lowest BCUT2D eigenvalue weighted by molar-refractivity contribution is 0.804. The Balaban J connectivity index is 1.65. The lowest BCUT2D eigenvalue weighted by atomic mass is 10.2. The summed E-state index contributed by atoms with van der Waals surface area (Å²) in [5, 5.41) is 10.9. The maximum atomic E-state index is 4.56. The van der Waals surface area contributed by atoms with Crippen LogP contribution in [0.25, 0.3) is 15.9 Å². The normalized spacial score (nSPS) is 11.1. The van der Waals surface area contributed by atoms with E-state index in [1.807, 2.05) is 41.9 Å². The Bertz CT molecular complexity index is 989. The number of thiophene rings is 1. The van der Waals surface area contributed by atoms with Gasteiger partial charge in [0.05, 0.1) is 17.6 Å². The van der Waals surface area contributed by atoms with Gasteiger partial charge in [0.2, 0.25) is 0 Å². The molecular weight excluding hydrogens is 320 g/mol. The highest BCUT2D eigenvalue weighted by Crippen LogP contribution is 2.29. The highest BCUT2D eigenvalue weighted by molar-refractivity contribution is 7.17. The van der Waals surface area contributed by atoms with Crippen LogP contribution in [0, 0.1) is 13.8 Å². The highest BCUT2D eigenvalue weighted by Gasteiger charge is 2.12. The van der Waals surface area contributed by atoms with Gasteiger partial charge in [-0.1, -0.05) is 18.2 Å². The molecule has 4 aromatic rings. The number of hydrogen-bond acceptors (Lipinski definition) is 6. The monoisotopic (exact) mass is 336 g/mol. The molecule has 0 aliphatic carbocycles. The van der Waals surface area contributed by atoms with E-state index in [0.717, 1.165) is 33.4 Å². The Labute approximate surface area is 143 Å². The van der Waals surface area contributed by atoms with Crippen LogP contribution in [0.5, 0.6) is 0 Å². The number of hydrogen-bond donors (Lipinski definition) is 1. The van der Waals surface area contributed by atoms with Crippen LogP contribution in [0.2, 0.25) is 0 Å². The summed E-state index contributed by atoms with van der Waals surface area (Å²) < 4.78 is 1.83. The predicted molar refractivity (Wildman–Crippen MR) is 95.6 cm³/mol. The summed E-state index contributed by atoms with van der Waals surface area (Å²) in [5.74, 6) is 2.44. The molecule has 1 aromatic carbocycles. The van der Waals surface area contributed by atoms with E-state index in [4.69, 9.17) is 0 Å². The van der Waals surface area contributed by atoms with E-state index in [0.29, 0.717) is 6.54 Å². The van der Waals surface area contributed by atoms with Crippen molar-refractivity contribution < 1.29 is 0 Å². The molecule has 0 spiro atoms. The highest BCUT2D eigenvalue weighted by atomic mass is 32.1. The number of aryl methyl sites for hydroxylation is 2. The van der Waals surface area contributed by atoms with Crippen LogP contribution in [0.3, 0.4) is 0 Å². The first-order valence-electron chi connectivity index (χ1n) is 7.63. The second-order valence-electron chi connectivity index (χ2n) is 5.50. The van der Waals surface area contributed by atoms with Crippen molar-refractivity contribution in [2.45, 2.75) is 20.4 Å². The van der Waals surface area contributed by atoms with Crippen molar-refractivity contribution in [1.29, 1.82) is 0 Å². The van der Waals surface area contributed by atoms with E-state index < -0.39 is 0 Å². The Morgan fingerprint density at radius 1 is 1.12 bits per heavy atom. The molecule has 0 aliphatic rings. The van der Waals surface area contributed by atoms with E-state index in [-0.39, 0.29) is 0 Å². The molecule has 0 radical (unpaired) electrons. The number of benzene rings is 1. The fraction of sp³-hybridized carbons (Fsp3) is 0.176. The fourth-order valence-corrected chi connectivity index (χ4v) is 3.62. The fourth-order valence-electron chi connectivity index (χ4n) is 2.65. The lowest BCUT2D eigenvalue weighted by Crippen LogP contribution is -2.10. The molecule has 1 N–H and O–H groups in total. The zero-order chi connectivity index (χ0) is 16.5. The number of para-hydroxylation sites is 1. The summed E-state index contributed by atoms with van der Waals surface area (Å²) in [6.45, 7) is 4.52. The summed E-state index contributed by atoms with van der Waals surface area (Å²) in [6.07, 6.45) is 1.57. The Kier molecular flexibility index (Phi) is 3.70. The molecule has 6 nitrogen and oxygen atoms in total. The second-order valence-corrected chi connectivity index (χ2v) is 6.35. The van der Waals surface area contributed by atoms with Crippen molar-refractivity contribution in [2.75, 3.05) is 5.32 Å². The van der Waals surface area contributed by atoms with Gasteiger partial charge in [-0.15, -0.1) is 11.3 Å². The van der Waals surface area contributed by atoms with Crippen molar-refractivity contribution >= 4 is 27.4 Å². The Morgan fingerprint density at radius 2 is 1.96 bits per heavy atom. The average molecular weight is 336 g/mol. The zero-order valence-corrected chi connectivity index (χ0v) is 14.2. The summed E-state index contributed by atoms with van der Waals surface area (Å²) in [7, 11) is 0. The van der Waals surface area contributed by atoms with Gasteiger partial charge in [0.15, 0.2) is 5.82 Å². The van der Waals surface area contributed by atoms with Crippen LogP contribution in [-0.2, 0) is 6.54 Å². The van der Waals surface area contributed by atoms with Crippen LogP contribution >= 0.6 is 11.3 Å². The average Bonchev–Trinajstić information content (AvgIpc) is 3.20. The number of anilines is 1. The third-order valence-corrected chi connectivity index (χ3v) is 4.75. The molecule has 7 heteroatoms. The molecule has 0 bridgehead atoms. The van der Waals surface area contributed by atoms with Crippen molar-refractivity contribution in [2.24, 2.45) is 0 Å². The van der Waals surface area contributed by atoms with Gasteiger partial charge in [-0.3, -0.25) is 0 Å². The lowest BCUT2D eigenvalue weighted by Gasteiger charge is -2.09. The number of nitrogens with zero attached hydrogens (tertiary/aromatic N) is 5. The van der Waals surface area contributed by atoms with Gasteiger partial charge in [-0.25, -0.2) is 19.6 Å². The van der Waals surface area contributed by atoms with Gasteiger partial charge in [-0.2, -0.15) is 5.10 Å². The Hall–Kier alpha value is -2.80. The molecule has 4 rings (SSSR count). The maximum absolute atomic E-state index is 4.56. The first kappa shape index (κ1) is 14.8. The maximum Gasteiger partial charge on any atom is 0.151 e. The van der Waals surface area contributed by atoms with E-state index in [2.05, 4.69) is 37.7 Å². The molecule has 0 atom stereocenters. The van der Waals surface area contributed by atoms with E-state index in [1.54, 1.807) is 17.7 Å². The van der Waals surface area contributed by atoms with Crippen LogP contribution in [0.15, 0.2) is 42.0 Å². The second kappa shape index (κ2) is 6.01. The predicted octanol–water partition coefficient (Wildman–Crippen LogP) is 3.50. The largest absolute Gasteiger partial charge is 0.362 e. The van der Waals surface area contributed by atoms with Gasteiger partial charge in [-0.05, 0) is 36.9 Å². The van der Waals surface area contributed by atoms with E-state index >= 15 is 0 Å². The number of fused-ring (bicyclic) bond motifs is 1. The molecule has 120 valence electrons. The van der Waals surface area contributed by atoms with Gasteiger partial charge < -0.3 is 5.32 Å². The molecule has 0 saturated heterocycles. The summed E-state index contributed by atoms with van der Waals surface area (Å²) in [5.41, 5.74) is 2.17. The molecule has 0 saturated carbocycles. The first-order valence-corrected chi connectivity index (χ1v) is 8.51. The molecule has 24 heavy (non-hydrogen) atoms. The SMILES string of the molecule is Cc1nc(NCc2ncnn2-c2ccccc2)c2c(C)csc2n1. The third-order valence-electron chi connectivity index (χ3n) is 3.76. The minimum absolute atomic E-state index is 0.537. The minimum atomic E-state index is 0.537. The Morgan fingerprint density at radius 3 is 2.79 bits per heavy atom. The van der Waals surface area contributed by atoms with Gasteiger partial charge >= 0.3 is 0 Å². The summed E-state index contributed by atoms with van der Waals surface area (Å²) >= 11 is 1.64. The molecule has 0 unspecified atom stereocenters. The van der Waals surface area contributed by atoms with E-state index in [9.17, 15) is 0 Å². The molecule has 3 aromatic heterocycles. The summed E-state index contributed by atoms with van der Waals surface area (Å²) in [4.78, 5) is 14.4. The van der Waals surface area contributed by atoms with Crippen molar-refractivity contribution in [3.8, 4) is 5.69 Å². The standard InChI is InChI=1S/C17H16N6S/c1-11-9-24-17-15(11)16(21-12(2)22-17)18-8-14-19-10-20-23(14)13-6-4-3-5-7-13/h3-7,9-10H,8H2,1-2H3,(H,18,21,22). The van der Waals surface area contributed by atoms with Crippen molar-refractivity contribution in [3.63, 3.8) is 0 Å². The van der Waals surface area contributed by atoms with E-state index in [1.165, 1.54) is 5.56 Å². The van der Waals surface area contributed by atoms with Crippen LogP contribution < -0.4 is 5.32 Å². The zero-order valence-electron chi connectivity index (χ0n) is 13.4. The minimum Gasteiger partial charge on any atom is -0.362 e. The number of rotatable bonds is 4. The van der Waals surface area contributed by atoms with Crippen molar-refractivity contribution in [1.82, 2.24) is 24.7 Å². The molecule has 0 fully saturated rings. The van der Waals surface area contributed by atoms with Gasteiger partial charge in [0.25, 0.3) is 0 Å². The van der Waals surface area contributed by atoms with Crippen LogP contribution in [0.1, 0.15) is 17.2 Å².